The number of rotatable bonds is 4. The summed E-state index contributed by atoms with van der Waals surface area (Å²) >= 11 is 0. The van der Waals surface area contributed by atoms with Crippen LogP contribution in [0.1, 0.15) is 35.7 Å². The van der Waals surface area contributed by atoms with Gasteiger partial charge in [0.15, 0.2) is 0 Å². The molecule has 0 saturated heterocycles. The van der Waals surface area contributed by atoms with E-state index in [0.29, 0.717) is 17.2 Å². The molecule has 122 valence electrons. The van der Waals surface area contributed by atoms with Gasteiger partial charge < -0.3 is 9.72 Å². The highest BCUT2D eigenvalue weighted by Gasteiger charge is 2.28. The second-order valence-corrected chi connectivity index (χ2v) is 6.04. The lowest BCUT2D eigenvalue weighted by atomic mass is 10.1. The summed E-state index contributed by atoms with van der Waals surface area (Å²) in [4.78, 5) is 20.0. The Hall–Kier alpha value is -2.89. The summed E-state index contributed by atoms with van der Waals surface area (Å²) in [5, 5.41) is 5.35. The summed E-state index contributed by atoms with van der Waals surface area (Å²) in [6.45, 7) is 0. The number of pyridine rings is 1. The second kappa shape index (κ2) is 5.63. The monoisotopic (exact) mass is 322 g/mol. The number of aromatic nitrogens is 4. The number of fused-ring (bicyclic) bond motifs is 1. The van der Waals surface area contributed by atoms with Gasteiger partial charge in [-0.15, -0.1) is 0 Å². The summed E-state index contributed by atoms with van der Waals surface area (Å²) < 4.78 is 6.77. The van der Waals surface area contributed by atoms with Crippen molar-refractivity contribution in [3.8, 4) is 0 Å². The first kappa shape index (κ1) is 14.7. The van der Waals surface area contributed by atoms with Crippen molar-refractivity contribution in [2.45, 2.75) is 18.8 Å². The average molecular weight is 322 g/mol. The van der Waals surface area contributed by atoms with Crippen molar-refractivity contribution in [3.05, 3.63) is 47.5 Å². The fraction of sp³-hybridized carbons (Fsp3) is 0.278. The molecule has 0 bridgehead atoms. The van der Waals surface area contributed by atoms with Crippen molar-refractivity contribution in [2.24, 2.45) is 7.05 Å². The summed E-state index contributed by atoms with van der Waals surface area (Å²) in [5.41, 5.74) is 3.88. The minimum atomic E-state index is -0.406. The molecule has 3 aromatic heterocycles. The van der Waals surface area contributed by atoms with Gasteiger partial charge in [0.25, 0.3) is 0 Å². The maximum absolute atomic E-state index is 12.4. The number of hydrogen-bond donors (Lipinski definition) is 1. The first-order valence-electron chi connectivity index (χ1n) is 7.94. The van der Waals surface area contributed by atoms with Gasteiger partial charge in [0.2, 0.25) is 0 Å². The third-order valence-corrected chi connectivity index (χ3v) is 4.40. The standard InChI is InChI=1S/C18H18N4O2/c1-22-16(14(10-20-22)11-3-4-11)9-13(18(23)24-2)15-6-5-12-7-8-19-17(12)21-15/h5-11H,3-4H2,1-2H3,(H,19,21)/b13-9-. The number of aryl methyl sites for hydroxylation is 1. The van der Waals surface area contributed by atoms with Gasteiger partial charge >= 0.3 is 5.97 Å². The number of carbonyl (C=O) groups excluding carboxylic acids is 1. The predicted molar refractivity (Wildman–Crippen MR) is 91.2 cm³/mol. The van der Waals surface area contributed by atoms with Crippen molar-refractivity contribution in [3.63, 3.8) is 0 Å². The average Bonchev–Trinajstić information content (AvgIpc) is 3.22. The molecule has 1 fully saturated rings. The van der Waals surface area contributed by atoms with Crippen molar-refractivity contribution in [1.82, 2.24) is 19.7 Å². The molecule has 1 saturated carbocycles. The Morgan fingerprint density at radius 1 is 1.38 bits per heavy atom. The first-order valence-corrected chi connectivity index (χ1v) is 7.94. The van der Waals surface area contributed by atoms with E-state index in [4.69, 9.17) is 4.74 Å². The smallest absolute Gasteiger partial charge is 0.340 e. The topological polar surface area (TPSA) is 72.8 Å². The second-order valence-electron chi connectivity index (χ2n) is 6.04. The molecule has 0 aliphatic heterocycles. The van der Waals surface area contributed by atoms with Crippen LogP contribution >= 0.6 is 0 Å². The lowest BCUT2D eigenvalue weighted by Crippen LogP contribution is -2.07. The molecular formula is C18H18N4O2. The fourth-order valence-corrected chi connectivity index (χ4v) is 2.91. The highest BCUT2D eigenvalue weighted by Crippen LogP contribution is 2.42. The summed E-state index contributed by atoms with van der Waals surface area (Å²) in [5.74, 6) is 0.138. The number of methoxy groups -OCH3 is 1. The third kappa shape index (κ3) is 2.50. The molecule has 4 rings (SSSR count). The fourth-order valence-electron chi connectivity index (χ4n) is 2.91. The normalized spacial score (nSPS) is 15.0. The van der Waals surface area contributed by atoms with E-state index in [1.165, 1.54) is 25.5 Å². The first-order chi connectivity index (χ1) is 11.7. The number of H-pyrrole nitrogens is 1. The zero-order chi connectivity index (χ0) is 16.7. The van der Waals surface area contributed by atoms with Crippen molar-refractivity contribution in [2.75, 3.05) is 7.11 Å². The van der Waals surface area contributed by atoms with E-state index in [2.05, 4.69) is 15.1 Å². The molecule has 0 spiro atoms. The number of hydrogen-bond acceptors (Lipinski definition) is 4. The van der Waals surface area contributed by atoms with E-state index in [9.17, 15) is 4.79 Å². The van der Waals surface area contributed by atoms with E-state index in [-0.39, 0.29) is 0 Å². The van der Waals surface area contributed by atoms with Crippen LogP contribution in [-0.2, 0) is 16.6 Å². The molecule has 6 nitrogen and oxygen atoms in total. The van der Waals surface area contributed by atoms with Crippen molar-refractivity contribution < 1.29 is 9.53 Å². The molecule has 1 N–H and O–H groups in total. The number of carbonyl (C=O) groups is 1. The number of nitrogens with one attached hydrogen (secondary N) is 1. The molecule has 0 unspecified atom stereocenters. The zero-order valence-corrected chi connectivity index (χ0v) is 13.6. The van der Waals surface area contributed by atoms with E-state index in [0.717, 1.165) is 16.7 Å². The van der Waals surface area contributed by atoms with Crippen LogP contribution in [0.4, 0.5) is 0 Å². The van der Waals surface area contributed by atoms with Crippen LogP contribution in [0.25, 0.3) is 22.7 Å². The Morgan fingerprint density at radius 3 is 2.96 bits per heavy atom. The number of ether oxygens (including phenoxy) is 1. The van der Waals surface area contributed by atoms with Gasteiger partial charge in [-0.2, -0.15) is 5.10 Å². The highest BCUT2D eigenvalue weighted by molar-refractivity contribution is 6.21. The van der Waals surface area contributed by atoms with E-state index >= 15 is 0 Å². The van der Waals surface area contributed by atoms with Crippen LogP contribution in [0.15, 0.2) is 30.6 Å². The molecule has 3 heterocycles. The maximum Gasteiger partial charge on any atom is 0.340 e. The van der Waals surface area contributed by atoms with Crippen LogP contribution in [0.5, 0.6) is 0 Å². The molecule has 0 atom stereocenters. The van der Waals surface area contributed by atoms with E-state index < -0.39 is 5.97 Å². The van der Waals surface area contributed by atoms with Crippen LogP contribution in [0, 0.1) is 0 Å². The molecule has 6 heteroatoms. The zero-order valence-electron chi connectivity index (χ0n) is 13.6. The SMILES string of the molecule is COC(=O)/C(=C\c1c(C2CC2)cnn1C)c1ccc2cc[nH]c2n1. The third-order valence-electron chi connectivity index (χ3n) is 4.40. The van der Waals surface area contributed by atoms with Gasteiger partial charge in [-0.3, -0.25) is 4.68 Å². The van der Waals surface area contributed by atoms with Crippen LogP contribution in [0.3, 0.4) is 0 Å². The highest BCUT2D eigenvalue weighted by atomic mass is 16.5. The van der Waals surface area contributed by atoms with Crippen LogP contribution in [-0.4, -0.2) is 32.8 Å². The van der Waals surface area contributed by atoms with Gasteiger partial charge in [0.05, 0.1) is 30.3 Å². The molecule has 1 aliphatic rings. The van der Waals surface area contributed by atoms with Gasteiger partial charge in [0, 0.05) is 24.2 Å². The molecule has 0 aromatic carbocycles. The summed E-state index contributed by atoms with van der Waals surface area (Å²) in [6.07, 6.45) is 7.90. The number of nitrogens with zero attached hydrogens (tertiary/aromatic N) is 3. The Labute approximate surface area is 139 Å². The Bertz CT molecular complexity index is 947. The maximum atomic E-state index is 12.4. The lowest BCUT2D eigenvalue weighted by molar-refractivity contribution is -0.133. The van der Waals surface area contributed by atoms with Crippen molar-refractivity contribution >= 4 is 28.7 Å². The van der Waals surface area contributed by atoms with Crippen LogP contribution < -0.4 is 0 Å². The lowest BCUT2D eigenvalue weighted by Gasteiger charge is -2.07. The molecule has 0 amide bonds. The Morgan fingerprint density at radius 2 is 2.21 bits per heavy atom. The van der Waals surface area contributed by atoms with Crippen LogP contribution in [0.2, 0.25) is 0 Å². The molecule has 24 heavy (non-hydrogen) atoms. The van der Waals surface area contributed by atoms with Gasteiger partial charge in [-0.05, 0) is 43.0 Å². The van der Waals surface area contributed by atoms with Gasteiger partial charge in [-0.25, -0.2) is 9.78 Å². The molecule has 1 aliphatic carbocycles. The van der Waals surface area contributed by atoms with Gasteiger partial charge in [0.1, 0.15) is 5.65 Å². The summed E-state index contributed by atoms with van der Waals surface area (Å²) in [7, 11) is 3.27. The Balaban J connectivity index is 1.85. The van der Waals surface area contributed by atoms with Gasteiger partial charge in [-0.1, -0.05) is 0 Å². The quantitative estimate of drug-likeness (QED) is 0.592. The molecule has 3 aromatic rings. The predicted octanol–water partition coefficient (Wildman–Crippen LogP) is 2.89. The number of esters is 1. The molecular weight excluding hydrogens is 304 g/mol. The van der Waals surface area contributed by atoms with E-state index in [1.807, 2.05) is 43.7 Å². The molecule has 0 radical (unpaired) electrons. The Kier molecular flexibility index (Phi) is 3.45. The largest absolute Gasteiger partial charge is 0.465 e. The van der Waals surface area contributed by atoms with E-state index in [1.54, 1.807) is 4.68 Å². The minimum absolute atomic E-state index is 0.406. The van der Waals surface area contributed by atoms with Crippen molar-refractivity contribution in [1.29, 1.82) is 0 Å². The minimum Gasteiger partial charge on any atom is -0.465 e. The summed E-state index contributed by atoms with van der Waals surface area (Å²) in [6, 6.07) is 5.72. The number of aromatic amines is 1.